The van der Waals surface area contributed by atoms with Gasteiger partial charge in [-0.1, -0.05) is 31.2 Å². The predicted octanol–water partition coefficient (Wildman–Crippen LogP) is 3.28. The van der Waals surface area contributed by atoms with Crippen LogP contribution in [0.15, 0.2) is 36.5 Å². The van der Waals surface area contributed by atoms with Crippen LogP contribution in [0.2, 0.25) is 5.28 Å². The number of para-hydroxylation sites is 1. The van der Waals surface area contributed by atoms with Crippen molar-refractivity contribution in [2.45, 2.75) is 26.3 Å². The van der Waals surface area contributed by atoms with Gasteiger partial charge in [0.05, 0.1) is 5.52 Å². The SMILES string of the molecule is CCc1nnc(Cl)n1CCc1cccc2cccnc12. The highest BCUT2D eigenvalue weighted by Gasteiger charge is 2.09. The summed E-state index contributed by atoms with van der Waals surface area (Å²) >= 11 is 6.08. The third-order valence-electron chi connectivity index (χ3n) is 3.42. The maximum atomic E-state index is 6.08. The Hall–Kier alpha value is -1.94. The molecule has 0 unspecified atom stereocenters. The molecular weight excluding hydrogens is 272 g/mol. The number of hydrogen-bond donors (Lipinski definition) is 0. The van der Waals surface area contributed by atoms with E-state index in [9.17, 15) is 0 Å². The summed E-state index contributed by atoms with van der Waals surface area (Å²) in [5, 5.41) is 9.62. The fourth-order valence-electron chi connectivity index (χ4n) is 2.40. The van der Waals surface area contributed by atoms with E-state index in [1.54, 1.807) is 0 Å². The second-order valence-corrected chi connectivity index (χ2v) is 4.97. The van der Waals surface area contributed by atoms with Crippen LogP contribution in [0.3, 0.4) is 0 Å². The maximum absolute atomic E-state index is 6.08. The second-order valence-electron chi connectivity index (χ2n) is 4.63. The van der Waals surface area contributed by atoms with Crippen LogP contribution in [0.1, 0.15) is 18.3 Å². The lowest BCUT2D eigenvalue weighted by Crippen LogP contribution is -2.06. The molecular formula is C15H15ClN4. The minimum absolute atomic E-state index is 0.454. The molecule has 20 heavy (non-hydrogen) atoms. The summed E-state index contributed by atoms with van der Waals surface area (Å²) in [6.45, 7) is 2.82. The fourth-order valence-corrected chi connectivity index (χ4v) is 2.62. The highest BCUT2D eigenvalue weighted by Crippen LogP contribution is 2.18. The van der Waals surface area contributed by atoms with Crippen LogP contribution in [0.5, 0.6) is 0 Å². The molecule has 0 N–H and O–H groups in total. The number of fused-ring (bicyclic) bond motifs is 1. The second kappa shape index (κ2) is 5.59. The van der Waals surface area contributed by atoms with Crippen LogP contribution >= 0.6 is 11.6 Å². The minimum Gasteiger partial charge on any atom is -0.301 e. The molecule has 0 aliphatic rings. The molecule has 0 atom stereocenters. The molecule has 4 nitrogen and oxygen atoms in total. The maximum Gasteiger partial charge on any atom is 0.225 e. The van der Waals surface area contributed by atoms with Crippen molar-refractivity contribution in [1.82, 2.24) is 19.7 Å². The Kier molecular flexibility index (Phi) is 3.65. The predicted molar refractivity (Wildman–Crippen MR) is 79.9 cm³/mol. The van der Waals surface area contributed by atoms with Crippen LogP contribution in [-0.4, -0.2) is 19.7 Å². The molecule has 0 aliphatic heterocycles. The van der Waals surface area contributed by atoms with Gasteiger partial charge in [-0.15, -0.1) is 10.2 Å². The summed E-state index contributed by atoms with van der Waals surface area (Å²) in [5.74, 6) is 0.920. The first-order chi connectivity index (χ1) is 9.79. The zero-order chi connectivity index (χ0) is 13.9. The zero-order valence-electron chi connectivity index (χ0n) is 11.3. The van der Waals surface area contributed by atoms with Gasteiger partial charge in [0.25, 0.3) is 0 Å². The molecule has 0 saturated carbocycles. The van der Waals surface area contributed by atoms with Gasteiger partial charge in [-0.3, -0.25) is 4.98 Å². The number of halogens is 1. The van der Waals surface area contributed by atoms with E-state index >= 15 is 0 Å². The summed E-state index contributed by atoms with van der Waals surface area (Å²) in [4.78, 5) is 4.47. The molecule has 3 aromatic rings. The van der Waals surface area contributed by atoms with E-state index in [1.807, 2.05) is 16.8 Å². The molecule has 1 aromatic carbocycles. The fraction of sp³-hybridized carbons (Fsp3) is 0.267. The molecule has 0 bridgehead atoms. The molecule has 102 valence electrons. The first-order valence-corrected chi connectivity index (χ1v) is 7.07. The number of aryl methyl sites for hydroxylation is 2. The summed E-state index contributed by atoms with van der Waals surface area (Å²) < 4.78 is 1.96. The smallest absolute Gasteiger partial charge is 0.225 e. The molecule has 0 fully saturated rings. The number of rotatable bonds is 4. The lowest BCUT2D eigenvalue weighted by atomic mass is 10.1. The van der Waals surface area contributed by atoms with Crippen molar-refractivity contribution < 1.29 is 0 Å². The average Bonchev–Trinajstić information content (AvgIpc) is 2.85. The molecule has 3 rings (SSSR count). The molecule has 0 saturated heterocycles. The van der Waals surface area contributed by atoms with Gasteiger partial charge >= 0.3 is 0 Å². The summed E-state index contributed by atoms with van der Waals surface area (Å²) in [5.41, 5.74) is 2.27. The van der Waals surface area contributed by atoms with E-state index in [4.69, 9.17) is 11.6 Å². The van der Waals surface area contributed by atoms with Crippen LogP contribution < -0.4 is 0 Å². The molecule has 5 heteroatoms. The largest absolute Gasteiger partial charge is 0.301 e. The standard InChI is InChI=1S/C15H15ClN4/c1-2-13-18-19-15(16)20(13)10-8-12-6-3-5-11-7-4-9-17-14(11)12/h3-7,9H,2,8,10H2,1H3. The highest BCUT2D eigenvalue weighted by atomic mass is 35.5. The number of nitrogens with zero attached hydrogens (tertiary/aromatic N) is 4. The van der Waals surface area contributed by atoms with Crippen molar-refractivity contribution in [2.24, 2.45) is 0 Å². The Morgan fingerprint density at radius 2 is 2.00 bits per heavy atom. The van der Waals surface area contributed by atoms with Crippen molar-refractivity contribution in [1.29, 1.82) is 0 Å². The lowest BCUT2D eigenvalue weighted by molar-refractivity contribution is 0.658. The van der Waals surface area contributed by atoms with Crippen molar-refractivity contribution >= 4 is 22.5 Å². The van der Waals surface area contributed by atoms with Gasteiger partial charge in [0.1, 0.15) is 5.82 Å². The monoisotopic (exact) mass is 286 g/mol. The molecule has 2 aromatic heterocycles. The number of pyridine rings is 1. The normalized spacial score (nSPS) is 11.1. The first-order valence-electron chi connectivity index (χ1n) is 6.70. The topological polar surface area (TPSA) is 43.6 Å². The minimum atomic E-state index is 0.454. The third-order valence-corrected chi connectivity index (χ3v) is 3.70. The Labute approximate surface area is 122 Å². The molecule has 0 spiro atoms. The van der Waals surface area contributed by atoms with Crippen molar-refractivity contribution in [2.75, 3.05) is 0 Å². The Morgan fingerprint density at radius 1 is 1.15 bits per heavy atom. The number of aromatic nitrogens is 4. The lowest BCUT2D eigenvalue weighted by Gasteiger charge is -2.08. The zero-order valence-corrected chi connectivity index (χ0v) is 12.0. The van der Waals surface area contributed by atoms with Gasteiger partial charge in [-0.2, -0.15) is 0 Å². The highest BCUT2D eigenvalue weighted by molar-refractivity contribution is 6.28. The molecule has 0 aliphatic carbocycles. The Bertz CT molecular complexity index is 730. The summed E-state index contributed by atoms with van der Waals surface area (Å²) in [7, 11) is 0. The average molecular weight is 287 g/mol. The Morgan fingerprint density at radius 3 is 2.85 bits per heavy atom. The van der Waals surface area contributed by atoms with Crippen molar-refractivity contribution in [3.63, 3.8) is 0 Å². The van der Waals surface area contributed by atoms with Gasteiger partial charge in [-0.05, 0) is 29.7 Å². The molecule has 0 radical (unpaired) electrons. The third kappa shape index (κ3) is 2.39. The van der Waals surface area contributed by atoms with Crippen LogP contribution in [-0.2, 0) is 19.4 Å². The summed E-state index contributed by atoms with van der Waals surface area (Å²) in [6, 6.07) is 10.3. The van der Waals surface area contributed by atoms with Gasteiger partial charge in [0.15, 0.2) is 0 Å². The van der Waals surface area contributed by atoms with E-state index < -0.39 is 0 Å². The van der Waals surface area contributed by atoms with Crippen molar-refractivity contribution in [3.05, 3.63) is 53.2 Å². The van der Waals surface area contributed by atoms with E-state index in [0.29, 0.717) is 5.28 Å². The van der Waals surface area contributed by atoms with E-state index in [0.717, 1.165) is 36.1 Å². The van der Waals surface area contributed by atoms with Crippen LogP contribution in [0.25, 0.3) is 10.9 Å². The van der Waals surface area contributed by atoms with Crippen LogP contribution in [0, 0.1) is 0 Å². The van der Waals surface area contributed by atoms with E-state index in [2.05, 4.69) is 46.4 Å². The number of benzene rings is 1. The quantitative estimate of drug-likeness (QED) is 0.739. The van der Waals surface area contributed by atoms with Gasteiger partial charge in [0, 0.05) is 24.5 Å². The van der Waals surface area contributed by atoms with Gasteiger partial charge < -0.3 is 4.57 Å². The van der Waals surface area contributed by atoms with E-state index in [-0.39, 0.29) is 0 Å². The van der Waals surface area contributed by atoms with Crippen LogP contribution in [0.4, 0.5) is 0 Å². The van der Waals surface area contributed by atoms with Gasteiger partial charge in [-0.25, -0.2) is 0 Å². The van der Waals surface area contributed by atoms with E-state index in [1.165, 1.54) is 5.56 Å². The molecule has 2 heterocycles. The molecule has 0 amide bonds. The first kappa shape index (κ1) is 13.1. The van der Waals surface area contributed by atoms with Crippen molar-refractivity contribution in [3.8, 4) is 0 Å². The Balaban J connectivity index is 1.89. The summed E-state index contributed by atoms with van der Waals surface area (Å²) in [6.07, 6.45) is 3.52. The van der Waals surface area contributed by atoms with Gasteiger partial charge in [0.2, 0.25) is 5.28 Å². The number of hydrogen-bond acceptors (Lipinski definition) is 3.